The number of benzene rings is 2. The van der Waals surface area contributed by atoms with Crippen LogP contribution in [0, 0.1) is 12.7 Å². The number of sulfonamides is 1. The third-order valence-electron chi connectivity index (χ3n) is 4.91. The molecule has 0 N–H and O–H groups in total. The molecule has 150 valence electrons. The molecular formula is C20H22BrFN2O3S. The van der Waals surface area contributed by atoms with E-state index in [1.54, 1.807) is 43.4 Å². The van der Waals surface area contributed by atoms with Crippen LogP contribution in [0.4, 0.5) is 4.39 Å². The maximum Gasteiger partial charge on any atom is 0.243 e. The summed E-state index contributed by atoms with van der Waals surface area (Å²) < 4.78 is 42.1. The van der Waals surface area contributed by atoms with Gasteiger partial charge in [0.25, 0.3) is 0 Å². The number of rotatable bonds is 5. The molecule has 3 rings (SSSR count). The first-order valence-corrected chi connectivity index (χ1v) is 11.2. The fraction of sp³-hybridized carbons (Fsp3) is 0.350. The fourth-order valence-electron chi connectivity index (χ4n) is 3.37. The molecule has 1 atom stereocenters. The van der Waals surface area contributed by atoms with Gasteiger partial charge in [0, 0.05) is 30.2 Å². The Kier molecular flexibility index (Phi) is 6.21. The van der Waals surface area contributed by atoms with Crippen molar-refractivity contribution in [3.8, 4) is 0 Å². The number of halogens is 2. The fourth-order valence-corrected chi connectivity index (χ4v) is 5.43. The zero-order valence-corrected chi connectivity index (χ0v) is 18.1. The van der Waals surface area contributed by atoms with Gasteiger partial charge in [-0.2, -0.15) is 4.31 Å². The van der Waals surface area contributed by atoms with Crippen LogP contribution in [0.25, 0.3) is 0 Å². The van der Waals surface area contributed by atoms with Crippen molar-refractivity contribution in [3.63, 3.8) is 0 Å². The summed E-state index contributed by atoms with van der Waals surface area (Å²) in [5.41, 5.74) is 1.33. The van der Waals surface area contributed by atoms with Gasteiger partial charge < -0.3 is 4.90 Å². The highest BCUT2D eigenvalue weighted by atomic mass is 79.9. The second-order valence-corrected chi connectivity index (χ2v) is 9.82. The summed E-state index contributed by atoms with van der Waals surface area (Å²) in [7, 11) is -2.20. The topological polar surface area (TPSA) is 57.7 Å². The predicted octanol–water partition coefficient (Wildman–Crippen LogP) is 3.71. The molecule has 1 heterocycles. The Balaban J connectivity index is 1.80. The van der Waals surface area contributed by atoms with E-state index in [0.29, 0.717) is 29.4 Å². The monoisotopic (exact) mass is 468 g/mol. The van der Waals surface area contributed by atoms with Crippen LogP contribution in [-0.2, 0) is 21.4 Å². The number of carbonyl (C=O) groups excluding carboxylic acids is 1. The van der Waals surface area contributed by atoms with Crippen molar-refractivity contribution in [1.29, 1.82) is 0 Å². The SMILES string of the molecule is Cc1ccc(S(=O)(=O)N2CCC[C@H]2C(=O)N(C)Cc2cc(Br)ccc2F)cc1. The number of amides is 1. The van der Waals surface area contributed by atoms with Crippen LogP contribution in [0.5, 0.6) is 0 Å². The summed E-state index contributed by atoms with van der Waals surface area (Å²) in [4.78, 5) is 14.5. The smallest absolute Gasteiger partial charge is 0.243 e. The minimum Gasteiger partial charge on any atom is -0.340 e. The van der Waals surface area contributed by atoms with E-state index in [0.717, 1.165) is 5.56 Å². The highest BCUT2D eigenvalue weighted by molar-refractivity contribution is 9.10. The average Bonchev–Trinajstić information content (AvgIpc) is 3.15. The van der Waals surface area contributed by atoms with Crippen molar-refractivity contribution in [1.82, 2.24) is 9.21 Å². The van der Waals surface area contributed by atoms with Gasteiger partial charge in [0.1, 0.15) is 11.9 Å². The van der Waals surface area contributed by atoms with Crippen molar-refractivity contribution >= 4 is 31.9 Å². The number of carbonyl (C=O) groups is 1. The molecular weight excluding hydrogens is 447 g/mol. The summed E-state index contributed by atoms with van der Waals surface area (Å²) in [6, 6.07) is 10.4. The number of likely N-dealkylation sites (N-methyl/N-ethyl adjacent to an activating group) is 1. The molecule has 0 saturated carbocycles. The number of aryl methyl sites for hydroxylation is 1. The second-order valence-electron chi connectivity index (χ2n) is 7.02. The van der Waals surface area contributed by atoms with Gasteiger partial charge in [0.2, 0.25) is 15.9 Å². The standard InChI is InChI=1S/C20H22BrFN2O3S/c1-14-5-8-17(9-6-14)28(26,27)24-11-3-4-19(24)20(25)23(2)13-15-12-16(21)7-10-18(15)22/h5-10,12,19H,3-4,11,13H2,1-2H3/t19-/m0/s1. The first kappa shape index (κ1) is 21.0. The van der Waals surface area contributed by atoms with Crippen LogP contribution in [0.3, 0.4) is 0 Å². The molecule has 1 saturated heterocycles. The molecule has 2 aromatic rings. The van der Waals surface area contributed by atoms with Crippen LogP contribution in [0.2, 0.25) is 0 Å². The van der Waals surface area contributed by atoms with E-state index < -0.39 is 21.9 Å². The molecule has 1 fully saturated rings. The van der Waals surface area contributed by atoms with Crippen molar-refractivity contribution in [2.24, 2.45) is 0 Å². The van der Waals surface area contributed by atoms with Crippen LogP contribution in [0.1, 0.15) is 24.0 Å². The molecule has 0 unspecified atom stereocenters. The normalized spacial score (nSPS) is 17.6. The van der Waals surface area contributed by atoms with Gasteiger partial charge in [-0.25, -0.2) is 12.8 Å². The van der Waals surface area contributed by atoms with Gasteiger partial charge in [-0.15, -0.1) is 0 Å². The number of hydrogen-bond donors (Lipinski definition) is 0. The molecule has 28 heavy (non-hydrogen) atoms. The van der Waals surface area contributed by atoms with Crippen molar-refractivity contribution in [2.45, 2.75) is 37.2 Å². The van der Waals surface area contributed by atoms with Crippen LogP contribution in [0.15, 0.2) is 51.8 Å². The van der Waals surface area contributed by atoms with E-state index in [-0.39, 0.29) is 17.3 Å². The molecule has 0 bridgehead atoms. The zero-order valence-electron chi connectivity index (χ0n) is 15.7. The van der Waals surface area contributed by atoms with E-state index in [1.807, 2.05) is 6.92 Å². The van der Waals surface area contributed by atoms with Crippen molar-refractivity contribution in [3.05, 3.63) is 63.9 Å². The number of nitrogens with zero attached hydrogens (tertiary/aromatic N) is 2. The molecule has 5 nitrogen and oxygen atoms in total. The van der Waals surface area contributed by atoms with Crippen LogP contribution >= 0.6 is 15.9 Å². The van der Waals surface area contributed by atoms with E-state index >= 15 is 0 Å². The molecule has 0 aliphatic carbocycles. The predicted molar refractivity (Wildman–Crippen MR) is 109 cm³/mol. The lowest BCUT2D eigenvalue weighted by atomic mass is 10.1. The van der Waals surface area contributed by atoms with Crippen molar-refractivity contribution in [2.75, 3.05) is 13.6 Å². The minimum atomic E-state index is -3.77. The maximum absolute atomic E-state index is 14.0. The highest BCUT2D eigenvalue weighted by Gasteiger charge is 2.40. The molecule has 0 spiro atoms. The Morgan fingerprint density at radius 2 is 1.93 bits per heavy atom. The molecule has 2 aromatic carbocycles. The largest absolute Gasteiger partial charge is 0.340 e. The van der Waals surface area contributed by atoms with Gasteiger partial charge in [-0.3, -0.25) is 4.79 Å². The molecule has 1 aliphatic rings. The van der Waals surface area contributed by atoms with Gasteiger partial charge in [-0.05, 0) is 50.1 Å². The summed E-state index contributed by atoms with van der Waals surface area (Å²) in [5, 5.41) is 0. The first-order valence-electron chi connectivity index (χ1n) is 8.97. The summed E-state index contributed by atoms with van der Waals surface area (Å²) >= 11 is 3.30. The van der Waals surface area contributed by atoms with E-state index in [2.05, 4.69) is 15.9 Å². The van der Waals surface area contributed by atoms with Gasteiger partial charge in [0.15, 0.2) is 0 Å². The molecule has 0 radical (unpaired) electrons. The third kappa shape index (κ3) is 4.29. The van der Waals surface area contributed by atoms with Gasteiger partial charge in [-0.1, -0.05) is 33.6 Å². The Morgan fingerprint density at radius 1 is 1.25 bits per heavy atom. The average molecular weight is 469 g/mol. The Hall–Kier alpha value is -1.77. The Morgan fingerprint density at radius 3 is 2.61 bits per heavy atom. The van der Waals surface area contributed by atoms with Gasteiger partial charge in [0.05, 0.1) is 4.90 Å². The molecule has 0 aromatic heterocycles. The maximum atomic E-state index is 14.0. The number of hydrogen-bond acceptors (Lipinski definition) is 3. The third-order valence-corrected chi connectivity index (χ3v) is 7.32. The molecule has 8 heteroatoms. The lowest BCUT2D eigenvalue weighted by Crippen LogP contribution is -2.46. The molecule has 1 amide bonds. The summed E-state index contributed by atoms with van der Waals surface area (Å²) in [6.07, 6.45) is 1.07. The van der Waals surface area contributed by atoms with Crippen molar-refractivity contribution < 1.29 is 17.6 Å². The highest BCUT2D eigenvalue weighted by Crippen LogP contribution is 2.28. The Bertz CT molecular complexity index is 979. The quantitative estimate of drug-likeness (QED) is 0.671. The van der Waals surface area contributed by atoms with E-state index in [4.69, 9.17) is 0 Å². The summed E-state index contributed by atoms with van der Waals surface area (Å²) in [6.45, 7) is 2.25. The van der Waals surface area contributed by atoms with Crippen LogP contribution in [-0.4, -0.2) is 43.2 Å². The first-order chi connectivity index (χ1) is 13.2. The second kappa shape index (κ2) is 8.31. The Labute approximate surface area is 173 Å². The van der Waals surface area contributed by atoms with Gasteiger partial charge >= 0.3 is 0 Å². The van der Waals surface area contributed by atoms with E-state index in [1.165, 1.54) is 15.3 Å². The summed E-state index contributed by atoms with van der Waals surface area (Å²) in [5.74, 6) is -0.731. The minimum absolute atomic E-state index is 0.0685. The van der Waals surface area contributed by atoms with Crippen LogP contribution < -0.4 is 0 Å². The zero-order chi connectivity index (χ0) is 20.5. The van der Waals surface area contributed by atoms with E-state index in [9.17, 15) is 17.6 Å². The lowest BCUT2D eigenvalue weighted by molar-refractivity contribution is -0.133. The lowest BCUT2D eigenvalue weighted by Gasteiger charge is -2.27. The molecule has 1 aliphatic heterocycles.